The van der Waals surface area contributed by atoms with E-state index in [0.717, 1.165) is 77.0 Å². The number of benzene rings is 2. The molecule has 0 spiro atoms. The van der Waals surface area contributed by atoms with Crippen LogP contribution < -0.4 is 10.6 Å². The quantitative estimate of drug-likeness (QED) is 0.220. The second-order valence-electron chi connectivity index (χ2n) is 15.9. The number of aromatic nitrogens is 2. The third kappa shape index (κ3) is 7.49. The van der Waals surface area contributed by atoms with Gasteiger partial charge in [0.15, 0.2) is 0 Å². The van der Waals surface area contributed by atoms with Crippen LogP contribution >= 0.6 is 0 Å². The monoisotopic (exact) mass is 739 g/mol. The number of nitrogens with zero attached hydrogens (tertiary/aromatic N) is 5. The number of aliphatic imine (C=N–C) groups is 2. The number of methoxy groups -OCH3 is 1. The SMILES string of the molecule is COC(=O)N[C@H](C(=O)N1CCC[C@H]1C1=NC=C(c2ccc(-c3ccc(C4=CN=C([C@H]5C6CCC(C6)[C@@H]5C(=O)NCc5cnccn5)C4)cc3)cc2)C1)C(C)C. The van der Waals surface area contributed by atoms with Crippen LogP contribution in [0.2, 0.25) is 0 Å². The van der Waals surface area contributed by atoms with Gasteiger partial charge < -0.3 is 20.3 Å². The number of fused-ring (bicyclic) bond motifs is 2. The third-order valence-electron chi connectivity index (χ3n) is 12.3. The van der Waals surface area contributed by atoms with Crippen LogP contribution in [0, 0.1) is 29.6 Å². The number of rotatable bonds is 11. The maximum atomic E-state index is 13.6. The molecule has 1 saturated heterocycles. The lowest BCUT2D eigenvalue weighted by atomic mass is 9.75. The Morgan fingerprint density at radius 2 is 1.47 bits per heavy atom. The zero-order valence-electron chi connectivity index (χ0n) is 31.8. The van der Waals surface area contributed by atoms with Crippen LogP contribution in [0.1, 0.15) is 75.6 Å². The Balaban J connectivity index is 0.863. The molecule has 4 heterocycles. The molecule has 11 nitrogen and oxygen atoms in total. The first-order chi connectivity index (χ1) is 26.8. The number of alkyl carbamates (subject to hydrolysis) is 1. The lowest BCUT2D eigenvalue weighted by Crippen LogP contribution is -2.53. The maximum absolute atomic E-state index is 13.6. The molecular weight excluding hydrogens is 691 g/mol. The number of hydrogen-bond donors (Lipinski definition) is 2. The molecule has 2 N–H and O–H groups in total. The number of carbonyl (C=O) groups is 3. The number of amides is 3. The van der Waals surface area contributed by atoms with Crippen molar-refractivity contribution in [2.45, 2.75) is 77.4 Å². The average molecular weight is 740 g/mol. The van der Waals surface area contributed by atoms with Crippen LogP contribution in [0.5, 0.6) is 0 Å². The molecule has 6 atom stereocenters. The lowest BCUT2D eigenvalue weighted by Gasteiger charge is -2.31. The lowest BCUT2D eigenvalue weighted by molar-refractivity contribution is -0.134. The number of hydrogen-bond acceptors (Lipinski definition) is 8. The second kappa shape index (κ2) is 15.7. The molecule has 1 aromatic heterocycles. The summed E-state index contributed by atoms with van der Waals surface area (Å²) in [7, 11) is 1.31. The van der Waals surface area contributed by atoms with Gasteiger partial charge in [-0.05, 0) is 83.3 Å². The fraction of sp³-hybridized carbons (Fsp3) is 0.432. The summed E-state index contributed by atoms with van der Waals surface area (Å²) in [6.07, 6.45) is 15.0. The van der Waals surface area contributed by atoms with E-state index in [1.807, 2.05) is 31.1 Å². The highest BCUT2D eigenvalue weighted by atomic mass is 16.5. The summed E-state index contributed by atoms with van der Waals surface area (Å²) in [6, 6.07) is 16.6. The number of carbonyl (C=O) groups excluding carboxylic acids is 3. The number of ether oxygens (including phenoxy) is 1. The molecule has 2 bridgehead atoms. The van der Waals surface area contributed by atoms with Crippen molar-refractivity contribution in [3.05, 3.63) is 96.3 Å². The largest absolute Gasteiger partial charge is 0.453 e. The zero-order chi connectivity index (χ0) is 38.1. The molecule has 2 aliphatic carbocycles. The van der Waals surface area contributed by atoms with Crippen LogP contribution in [0.3, 0.4) is 0 Å². The highest BCUT2D eigenvalue weighted by Gasteiger charge is 2.52. The van der Waals surface area contributed by atoms with E-state index in [2.05, 4.69) is 69.1 Å². The molecule has 55 heavy (non-hydrogen) atoms. The first-order valence-corrected chi connectivity index (χ1v) is 19.7. The molecule has 2 unspecified atom stereocenters. The average Bonchev–Trinajstić information content (AvgIpc) is 4.07. The topological polar surface area (TPSA) is 138 Å². The summed E-state index contributed by atoms with van der Waals surface area (Å²) in [5, 5.41) is 5.87. The molecule has 2 saturated carbocycles. The first kappa shape index (κ1) is 36.5. The Morgan fingerprint density at radius 1 is 0.836 bits per heavy atom. The van der Waals surface area contributed by atoms with Crippen molar-refractivity contribution in [1.82, 2.24) is 25.5 Å². The predicted octanol–water partition coefficient (Wildman–Crippen LogP) is 6.87. The van der Waals surface area contributed by atoms with Crippen molar-refractivity contribution in [1.29, 1.82) is 0 Å². The van der Waals surface area contributed by atoms with E-state index in [4.69, 9.17) is 14.7 Å². The highest BCUT2D eigenvalue weighted by Crippen LogP contribution is 2.54. The second-order valence-corrected chi connectivity index (χ2v) is 15.9. The van der Waals surface area contributed by atoms with Crippen LogP contribution in [-0.4, -0.2) is 69.9 Å². The molecular formula is C44H49N7O4. The van der Waals surface area contributed by atoms with E-state index in [1.54, 1.807) is 18.6 Å². The molecule has 3 amide bonds. The summed E-state index contributed by atoms with van der Waals surface area (Å²) < 4.78 is 4.78. The van der Waals surface area contributed by atoms with Crippen LogP contribution in [-0.2, 0) is 20.9 Å². The van der Waals surface area contributed by atoms with Gasteiger partial charge in [-0.15, -0.1) is 0 Å². The van der Waals surface area contributed by atoms with E-state index >= 15 is 0 Å². The van der Waals surface area contributed by atoms with Gasteiger partial charge in [-0.2, -0.15) is 0 Å². The van der Waals surface area contributed by atoms with E-state index in [-0.39, 0.29) is 35.6 Å². The minimum Gasteiger partial charge on any atom is -0.453 e. The van der Waals surface area contributed by atoms with Crippen molar-refractivity contribution in [2.75, 3.05) is 13.7 Å². The van der Waals surface area contributed by atoms with Gasteiger partial charge in [0.05, 0.1) is 31.6 Å². The van der Waals surface area contributed by atoms with Crippen molar-refractivity contribution in [2.24, 2.45) is 39.6 Å². The normalized spacial score (nSPS) is 24.7. The molecule has 3 fully saturated rings. The highest BCUT2D eigenvalue weighted by molar-refractivity contribution is 6.04. The maximum Gasteiger partial charge on any atom is 0.407 e. The molecule has 3 aliphatic heterocycles. The Bertz CT molecular complexity index is 2060. The van der Waals surface area contributed by atoms with Gasteiger partial charge in [0.1, 0.15) is 6.04 Å². The van der Waals surface area contributed by atoms with Gasteiger partial charge in [-0.25, -0.2) is 4.79 Å². The number of likely N-dealkylation sites (tertiary alicyclic amines) is 1. The van der Waals surface area contributed by atoms with Crippen molar-refractivity contribution in [3.8, 4) is 11.1 Å². The van der Waals surface area contributed by atoms with Gasteiger partial charge in [-0.1, -0.05) is 62.4 Å². The summed E-state index contributed by atoms with van der Waals surface area (Å²) >= 11 is 0. The van der Waals surface area contributed by atoms with E-state index in [9.17, 15) is 14.4 Å². The smallest absolute Gasteiger partial charge is 0.407 e. The number of allylic oxidation sites excluding steroid dienone is 2. The minimum atomic E-state index is -0.647. The van der Waals surface area contributed by atoms with Gasteiger partial charge in [0.25, 0.3) is 0 Å². The molecule has 284 valence electrons. The molecule has 11 heteroatoms. The van der Waals surface area contributed by atoms with Crippen LogP contribution in [0.15, 0.2) is 89.5 Å². The van der Waals surface area contributed by atoms with E-state index in [1.165, 1.54) is 19.1 Å². The summed E-state index contributed by atoms with van der Waals surface area (Å²) in [5.74, 6) is 1.05. The summed E-state index contributed by atoms with van der Waals surface area (Å²) in [4.78, 5) is 59.1. The fourth-order valence-electron chi connectivity index (χ4n) is 9.53. The summed E-state index contributed by atoms with van der Waals surface area (Å²) in [6.45, 7) is 4.90. The molecule has 5 aliphatic rings. The predicted molar refractivity (Wildman–Crippen MR) is 213 cm³/mol. The minimum absolute atomic E-state index is 0.0358. The van der Waals surface area contributed by atoms with E-state index < -0.39 is 12.1 Å². The van der Waals surface area contributed by atoms with Gasteiger partial charge in [0, 0.05) is 67.4 Å². The molecule has 8 rings (SSSR count). The van der Waals surface area contributed by atoms with Crippen LogP contribution in [0.25, 0.3) is 22.3 Å². The van der Waals surface area contributed by atoms with Crippen molar-refractivity contribution >= 4 is 40.5 Å². The first-order valence-electron chi connectivity index (χ1n) is 19.7. The Hall–Kier alpha value is -5.45. The van der Waals surface area contributed by atoms with Crippen molar-refractivity contribution in [3.63, 3.8) is 0 Å². The van der Waals surface area contributed by atoms with Gasteiger partial charge >= 0.3 is 6.09 Å². The third-order valence-corrected chi connectivity index (χ3v) is 12.3. The summed E-state index contributed by atoms with van der Waals surface area (Å²) in [5.41, 5.74) is 9.79. The molecule has 3 aromatic rings. The molecule has 0 radical (unpaired) electrons. The Labute approximate surface area is 322 Å². The Kier molecular flexibility index (Phi) is 10.4. The van der Waals surface area contributed by atoms with Gasteiger partial charge in [0.2, 0.25) is 11.8 Å². The molecule has 2 aromatic carbocycles. The van der Waals surface area contributed by atoms with Gasteiger partial charge in [-0.3, -0.25) is 29.5 Å². The Morgan fingerprint density at radius 3 is 2.11 bits per heavy atom. The van der Waals surface area contributed by atoms with Crippen molar-refractivity contribution < 1.29 is 19.1 Å². The van der Waals surface area contributed by atoms with E-state index in [0.29, 0.717) is 31.3 Å². The zero-order valence-corrected chi connectivity index (χ0v) is 31.8. The standard InChI is InChI=1S/C44H49N7O4/c1-26(2)41(50-44(54)55-3)43(53)51-18-4-5-38(51)36-20-33(22-47-36)29-10-6-27(7-11-29)28-8-12-30(13-9-28)34-21-37(48-23-34)39-31-14-15-32(19-31)40(39)42(52)49-25-35-24-45-16-17-46-35/h6-13,16-17,22-24,26,31-32,38-41H,4-5,14-15,18-21,25H2,1-3H3,(H,49,52)(H,50,54)/t31?,32?,38-,39+,40-,41-/m0/s1. The fourth-order valence-corrected chi connectivity index (χ4v) is 9.53. The number of nitrogens with one attached hydrogen (secondary N) is 2. The van der Waals surface area contributed by atoms with Crippen LogP contribution in [0.4, 0.5) is 4.79 Å².